The molecule has 0 aromatic rings. The van der Waals surface area contributed by atoms with Gasteiger partial charge in [0.1, 0.15) is 0 Å². The van der Waals surface area contributed by atoms with Gasteiger partial charge in [0, 0.05) is 6.54 Å². The molecule has 0 N–H and O–H groups in total. The maximum absolute atomic E-state index is 4.36. The monoisotopic (exact) mass is 194 g/mol. The van der Waals surface area contributed by atoms with Gasteiger partial charge in [-0.1, -0.05) is 39.0 Å². The predicted molar refractivity (Wildman–Crippen MR) is 61.1 cm³/mol. The van der Waals surface area contributed by atoms with Crippen LogP contribution in [0.15, 0.2) is 9.98 Å². The van der Waals surface area contributed by atoms with Crippen LogP contribution in [0, 0.1) is 0 Å². The first-order chi connectivity index (χ1) is 6.93. The van der Waals surface area contributed by atoms with E-state index < -0.39 is 0 Å². The third-order valence-electron chi connectivity index (χ3n) is 2.76. The number of rotatable bonds is 5. The third kappa shape index (κ3) is 5.18. The van der Waals surface area contributed by atoms with Crippen molar-refractivity contribution < 1.29 is 0 Å². The fourth-order valence-electron chi connectivity index (χ4n) is 1.82. The molecule has 2 nitrogen and oxygen atoms in total. The Morgan fingerprint density at radius 3 is 2.64 bits per heavy atom. The molecule has 14 heavy (non-hydrogen) atoms. The van der Waals surface area contributed by atoms with Gasteiger partial charge in [0.05, 0.1) is 12.1 Å². The molecule has 0 bridgehead atoms. The van der Waals surface area contributed by atoms with Crippen LogP contribution in [-0.2, 0) is 0 Å². The van der Waals surface area contributed by atoms with Crippen LogP contribution in [0.1, 0.15) is 58.3 Å². The maximum atomic E-state index is 4.36. The van der Waals surface area contributed by atoms with E-state index in [-0.39, 0.29) is 0 Å². The van der Waals surface area contributed by atoms with Crippen molar-refractivity contribution in [3.8, 4) is 0 Å². The predicted octanol–water partition coefficient (Wildman–Crippen LogP) is 3.68. The van der Waals surface area contributed by atoms with Gasteiger partial charge in [-0.2, -0.15) is 0 Å². The molecule has 0 unspecified atom stereocenters. The fourth-order valence-corrected chi connectivity index (χ4v) is 1.82. The van der Waals surface area contributed by atoms with Crippen molar-refractivity contribution in [2.45, 2.75) is 64.3 Å². The summed E-state index contributed by atoms with van der Waals surface area (Å²) >= 11 is 0. The van der Waals surface area contributed by atoms with Crippen molar-refractivity contribution in [3.05, 3.63) is 0 Å². The highest BCUT2D eigenvalue weighted by Crippen LogP contribution is 2.19. The molecule has 0 aromatic heterocycles. The van der Waals surface area contributed by atoms with E-state index >= 15 is 0 Å². The van der Waals surface area contributed by atoms with Gasteiger partial charge in [0.15, 0.2) is 0 Å². The Kier molecular flexibility index (Phi) is 6.34. The van der Waals surface area contributed by atoms with Crippen LogP contribution in [0.5, 0.6) is 0 Å². The van der Waals surface area contributed by atoms with Crippen molar-refractivity contribution in [1.29, 1.82) is 0 Å². The Morgan fingerprint density at radius 1 is 1.14 bits per heavy atom. The molecule has 0 spiro atoms. The van der Waals surface area contributed by atoms with Crippen molar-refractivity contribution in [2.24, 2.45) is 9.98 Å². The molecule has 1 fully saturated rings. The van der Waals surface area contributed by atoms with Gasteiger partial charge >= 0.3 is 0 Å². The van der Waals surface area contributed by atoms with Crippen LogP contribution in [0.2, 0.25) is 0 Å². The molecule has 0 aliphatic heterocycles. The first kappa shape index (κ1) is 11.5. The number of hydrogen-bond acceptors (Lipinski definition) is 2. The zero-order valence-corrected chi connectivity index (χ0v) is 9.34. The van der Waals surface area contributed by atoms with Gasteiger partial charge in [-0.05, 0) is 19.3 Å². The molecule has 0 atom stereocenters. The number of aliphatic imine (C=N–C) groups is 2. The topological polar surface area (TPSA) is 24.7 Å². The lowest BCUT2D eigenvalue weighted by atomic mass is 9.96. The van der Waals surface area contributed by atoms with Gasteiger partial charge < -0.3 is 0 Å². The Morgan fingerprint density at radius 2 is 1.93 bits per heavy atom. The summed E-state index contributed by atoms with van der Waals surface area (Å²) in [7, 11) is 0. The van der Waals surface area contributed by atoms with Crippen molar-refractivity contribution in [2.75, 3.05) is 6.54 Å². The molecule has 0 saturated heterocycles. The maximum Gasteiger partial charge on any atom is 0.0895 e. The molecule has 80 valence electrons. The smallest absolute Gasteiger partial charge is 0.0895 e. The Hall–Kier alpha value is -0.620. The van der Waals surface area contributed by atoms with Gasteiger partial charge in [-0.25, -0.2) is 9.98 Å². The molecular weight excluding hydrogens is 172 g/mol. The van der Waals surface area contributed by atoms with Crippen LogP contribution in [0.3, 0.4) is 0 Å². The minimum absolute atomic E-state index is 0.527. The van der Waals surface area contributed by atoms with Crippen molar-refractivity contribution in [1.82, 2.24) is 0 Å². The second-order valence-corrected chi connectivity index (χ2v) is 4.11. The van der Waals surface area contributed by atoms with Crippen LogP contribution in [-0.4, -0.2) is 18.6 Å². The van der Waals surface area contributed by atoms with Crippen LogP contribution in [0.25, 0.3) is 0 Å². The summed E-state index contributed by atoms with van der Waals surface area (Å²) in [5.41, 5.74) is 0. The van der Waals surface area contributed by atoms with E-state index in [0.29, 0.717) is 6.04 Å². The van der Waals surface area contributed by atoms with E-state index in [0.717, 1.165) is 6.54 Å². The lowest BCUT2D eigenvalue weighted by molar-refractivity contribution is 0.444. The number of nitrogens with zero attached hydrogens (tertiary/aromatic N) is 2. The third-order valence-corrected chi connectivity index (χ3v) is 2.76. The van der Waals surface area contributed by atoms with Crippen LogP contribution < -0.4 is 0 Å². The summed E-state index contributed by atoms with van der Waals surface area (Å²) in [4.78, 5) is 8.55. The van der Waals surface area contributed by atoms with Gasteiger partial charge in [-0.15, -0.1) is 0 Å². The van der Waals surface area contributed by atoms with Gasteiger partial charge in [0.25, 0.3) is 0 Å². The SMILES string of the molecule is CCCCCN=C=NC1CCCCC1. The normalized spacial score (nSPS) is 17.5. The lowest BCUT2D eigenvalue weighted by Crippen LogP contribution is -2.08. The molecule has 1 saturated carbocycles. The molecular formula is C12H22N2. The van der Waals surface area contributed by atoms with E-state index in [9.17, 15) is 0 Å². The minimum atomic E-state index is 0.527. The van der Waals surface area contributed by atoms with E-state index in [4.69, 9.17) is 0 Å². The summed E-state index contributed by atoms with van der Waals surface area (Å²) in [6.45, 7) is 3.11. The highest BCUT2D eigenvalue weighted by atomic mass is 14.8. The molecule has 0 heterocycles. The van der Waals surface area contributed by atoms with Crippen molar-refractivity contribution >= 4 is 6.01 Å². The highest BCUT2D eigenvalue weighted by Gasteiger charge is 2.10. The number of hydrogen-bond donors (Lipinski definition) is 0. The summed E-state index contributed by atoms with van der Waals surface area (Å²) in [6, 6.07) is 3.39. The molecule has 2 heteroatoms. The second-order valence-electron chi connectivity index (χ2n) is 4.11. The Labute approximate surface area is 87.5 Å². The molecule has 0 amide bonds. The first-order valence-corrected chi connectivity index (χ1v) is 6.05. The average molecular weight is 194 g/mol. The zero-order chi connectivity index (χ0) is 10.1. The highest BCUT2D eigenvalue weighted by molar-refractivity contribution is 5.41. The summed E-state index contributed by atoms with van der Waals surface area (Å²) in [6.07, 6.45) is 10.3. The molecule has 1 aliphatic rings. The first-order valence-electron chi connectivity index (χ1n) is 6.05. The molecule has 1 aliphatic carbocycles. The Balaban J connectivity index is 2.10. The quantitative estimate of drug-likeness (QED) is 0.471. The van der Waals surface area contributed by atoms with Crippen molar-refractivity contribution in [3.63, 3.8) is 0 Å². The summed E-state index contributed by atoms with van der Waals surface area (Å²) in [5, 5.41) is 0. The fraction of sp³-hybridized carbons (Fsp3) is 0.917. The van der Waals surface area contributed by atoms with Gasteiger partial charge in [-0.3, -0.25) is 0 Å². The van der Waals surface area contributed by atoms with E-state index in [1.54, 1.807) is 0 Å². The summed E-state index contributed by atoms with van der Waals surface area (Å²) < 4.78 is 0. The summed E-state index contributed by atoms with van der Waals surface area (Å²) in [5.74, 6) is 0. The molecule has 1 rings (SSSR count). The largest absolute Gasteiger partial charge is 0.226 e. The lowest BCUT2D eigenvalue weighted by Gasteiger charge is -2.15. The second kappa shape index (κ2) is 7.75. The standard InChI is InChI=1S/C12H22N2/c1-2-3-7-10-13-11-14-12-8-5-4-6-9-12/h12H,2-10H2,1H3. The molecule has 0 radical (unpaired) electrons. The van der Waals surface area contributed by atoms with Gasteiger partial charge in [0.2, 0.25) is 0 Å². The van der Waals surface area contributed by atoms with E-state index in [1.165, 1.54) is 51.4 Å². The van der Waals surface area contributed by atoms with E-state index in [2.05, 4.69) is 22.9 Å². The zero-order valence-electron chi connectivity index (χ0n) is 9.34. The Bertz CT molecular complexity index is 186. The average Bonchev–Trinajstić information content (AvgIpc) is 2.25. The van der Waals surface area contributed by atoms with E-state index in [1.807, 2.05) is 0 Å². The van der Waals surface area contributed by atoms with Crippen LogP contribution >= 0.6 is 0 Å². The van der Waals surface area contributed by atoms with Crippen LogP contribution in [0.4, 0.5) is 0 Å². The minimum Gasteiger partial charge on any atom is -0.226 e. The molecule has 0 aromatic carbocycles. The number of unbranched alkanes of at least 4 members (excludes halogenated alkanes) is 2.